The molecule has 0 bridgehead atoms. The third kappa shape index (κ3) is 3.38. The fourth-order valence-electron chi connectivity index (χ4n) is 2.64. The Morgan fingerprint density at radius 1 is 1.04 bits per heavy atom. The summed E-state index contributed by atoms with van der Waals surface area (Å²) in [7, 11) is 0. The first kappa shape index (κ1) is 17.8. The van der Waals surface area contributed by atoms with Gasteiger partial charge in [0.15, 0.2) is 11.4 Å². The molecule has 0 unspecified atom stereocenters. The van der Waals surface area contributed by atoms with Gasteiger partial charge >= 0.3 is 0 Å². The number of anilines is 2. The molecule has 0 radical (unpaired) electrons. The van der Waals surface area contributed by atoms with E-state index < -0.39 is 0 Å². The van der Waals surface area contributed by atoms with Gasteiger partial charge in [-0.15, -0.1) is 12.4 Å². The van der Waals surface area contributed by atoms with Gasteiger partial charge in [-0.25, -0.2) is 9.97 Å². The summed E-state index contributed by atoms with van der Waals surface area (Å²) in [4.78, 5) is 9.19. The molecule has 0 aliphatic rings. The van der Waals surface area contributed by atoms with E-state index >= 15 is 0 Å². The first-order chi connectivity index (χ1) is 11.6. The number of furan rings is 1. The van der Waals surface area contributed by atoms with Crippen molar-refractivity contribution in [3.63, 3.8) is 0 Å². The van der Waals surface area contributed by atoms with E-state index in [4.69, 9.17) is 27.6 Å². The number of benzene rings is 2. The van der Waals surface area contributed by atoms with E-state index in [2.05, 4.69) is 15.3 Å². The lowest BCUT2D eigenvalue weighted by Gasteiger charge is -2.08. The molecular weight excluding hydrogens is 381 g/mol. The smallest absolute Gasteiger partial charge is 0.196 e. The van der Waals surface area contributed by atoms with Gasteiger partial charge in [0.1, 0.15) is 16.9 Å². The highest BCUT2D eigenvalue weighted by atomic mass is 35.5. The second-order valence-corrected chi connectivity index (χ2v) is 6.27. The molecule has 2 aromatic heterocycles. The Balaban J connectivity index is 0.00000182. The zero-order chi connectivity index (χ0) is 16.7. The second-order valence-electron chi connectivity index (χ2n) is 5.40. The minimum atomic E-state index is 0. The Bertz CT molecular complexity index is 1040. The van der Waals surface area contributed by atoms with Crippen LogP contribution < -0.4 is 5.32 Å². The van der Waals surface area contributed by atoms with Crippen molar-refractivity contribution in [1.82, 2.24) is 9.97 Å². The minimum Gasteiger partial charge on any atom is -0.450 e. The Kier molecular flexibility index (Phi) is 5.04. The van der Waals surface area contributed by atoms with Crippen LogP contribution in [0.1, 0.15) is 12.7 Å². The van der Waals surface area contributed by atoms with Crippen molar-refractivity contribution in [1.29, 1.82) is 0 Å². The summed E-state index contributed by atoms with van der Waals surface area (Å²) >= 11 is 12.2. The van der Waals surface area contributed by atoms with Crippen LogP contribution in [0.5, 0.6) is 0 Å². The number of rotatable bonds is 3. The molecule has 0 saturated heterocycles. The molecule has 2 aromatic carbocycles. The van der Waals surface area contributed by atoms with Crippen molar-refractivity contribution in [3.05, 3.63) is 58.3 Å². The van der Waals surface area contributed by atoms with E-state index in [1.165, 1.54) is 0 Å². The molecular formula is C18H14Cl3N3O. The number of halogens is 3. The third-order valence-electron chi connectivity index (χ3n) is 3.71. The van der Waals surface area contributed by atoms with Crippen molar-refractivity contribution in [2.24, 2.45) is 0 Å². The summed E-state index contributed by atoms with van der Waals surface area (Å²) in [6.45, 7) is 2.02. The summed E-state index contributed by atoms with van der Waals surface area (Å²) in [5, 5.41) is 5.32. The number of aromatic nitrogens is 2. The summed E-state index contributed by atoms with van der Waals surface area (Å²) in [5.41, 5.74) is 2.94. The molecule has 0 saturated carbocycles. The molecule has 2 heterocycles. The van der Waals surface area contributed by atoms with Crippen LogP contribution in [0.3, 0.4) is 0 Å². The molecule has 4 rings (SSSR count). The average Bonchev–Trinajstić information content (AvgIpc) is 2.93. The van der Waals surface area contributed by atoms with E-state index in [-0.39, 0.29) is 12.4 Å². The summed E-state index contributed by atoms with van der Waals surface area (Å²) in [5.74, 6) is 1.34. The van der Waals surface area contributed by atoms with Crippen LogP contribution in [0.15, 0.2) is 46.9 Å². The van der Waals surface area contributed by atoms with Gasteiger partial charge in [-0.1, -0.05) is 42.3 Å². The number of nitrogens with one attached hydrogen (secondary N) is 1. The highest BCUT2D eigenvalue weighted by Crippen LogP contribution is 2.33. The van der Waals surface area contributed by atoms with Crippen LogP contribution in [-0.4, -0.2) is 9.97 Å². The molecule has 128 valence electrons. The SMILES string of the molecule is CCc1nc(Nc2cc(Cl)cc(Cl)c2)c2oc3ccccc3c2n1.Cl. The predicted octanol–water partition coefficient (Wildman–Crippen LogP) is 6.41. The Morgan fingerprint density at radius 2 is 1.76 bits per heavy atom. The first-order valence-corrected chi connectivity index (χ1v) is 8.31. The molecule has 0 amide bonds. The van der Waals surface area contributed by atoms with Gasteiger partial charge in [0, 0.05) is 27.5 Å². The number of para-hydroxylation sites is 1. The van der Waals surface area contributed by atoms with Crippen molar-refractivity contribution in [3.8, 4) is 0 Å². The molecule has 4 nitrogen and oxygen atoms in total. The van der Waals surface area contributed by atoms with Gasteiger partial charge in [0.25, 0.3) is 0 Å². The molecule has 4 aromatic rings. The van der Waals surface area contributed by atoms with E-state index in [0.717, 1.165) is 34.4 Å². The summed E-state index contributed by atoms with van der Waals surface area (Å²) in [6, 6.07) is 13.1. The van der Waals surface area contributed by atoms with Crippen molar-refractivity contribution in [2.75, 3.05) is 5.32 Å². The van der Waals surface area contributed by atoms with Gasteiger partial charge < -0.3 is 9.73 Å². The van der Waals surface area contributed by atoms with Crippen LogP contribution in [0, 0.1) is 0 Å². The number of aryl methyl sites for hydroxylation is 1. The number of hydrogen-bond acceptors (Lipinski definition) is 4. The predicted molar refractivity (Wildman–Crippen MR) is 106 cm³/mol. The lowest BCUT2D eigenvalue weighted by atomic mass is 10.2. The second kappa shape index (κ2) is 7.08. The lowest BCUT2D eigenvalue weighted by Crippen LogP contribution is -2.00. The molecule has 0 spiro atoms. The van der Waals surface area contributed by atoms with E-state index in [0.29, 0.717) is 21.4 Å². The first-order valence-electron chi connectivity index (χ1n) is 7.55. The minimum absolute atomic E-state index is 0. The van der Waals surface area contributed by atoms with Crippen LogP contribution in [-0.2, 0) is 6.42 Å². The number of hydrogen-bond donors (Lipinski definition) is 1. The molecule has 25 heavy (non-hydrogen) atoms. The molecule has 7 heteroatoms. The molecule has 1 N–H and O–H groups in total. The monoisotopic (exact) mass is 393 g/mol. The zero-order valence-electron chi connectivity index (χ0n) is 13.2. The summed E-state index contributed by atoms with van der Waals surface area (Å²) < 4.78 is 5.96. The highest BCUT2D eigenvalue weighted by Gasteiger charge is 2.15. The Morgan fingerprint density at radius 3 is 2.48 bits per heavy atom. The fourth-order valence-corrected chi connectivity index (χ4v) is 3.17. The van der Waals surface area contributed by atoms with Crippen molar-refractivity contribution in [2.45, 2.75) is 13.3 Å². The maximum Gasteiger partial charge on any atom is 0.196 e. The van der Waals surface area contributed by atoms with Crippen molar-refractivity contribution < 1.29 is 4.42 Å². The number of fused-ring (bicyclic) bond motifs is 3. The average molecular weight is 395 g/mol. The maximum absolute atomic E-state index is 6.08. The van der Waals surface area contributed by atoms with Gasteiger partial charge in [-0.3, -0.25) is 0 Å². The van der Waals surface area contributed by atoms with E-state index in [1.54, 1.807) is 18.2 Å². The van der Waals surface area contributed by atoms with Crippen LogP contribution in [0.25, 0.3) is 22.1 Å². The Labute approximate surface area is 160 Å². The standard InChI is InChI=1S/C18H13Cl2N3O.ClH/c1-2-15-22-16-13-5-3-4-6-14(13)24-17(16)18(23-15)21-12-8-10(19)7-11(20)9-12;/h3-9H,2H2,1H3,(H,21,22,23);1H. The van der Waals surface area contributed by atoms with Crippen LogP contribution >= 0.6 is 35.6 Å². The molecule has 0 fully saturated rings. The van der Waals surface area contributed by atoms with Gasteiger partial charge in [-0.2, -0.15) is 0 Å². The van der Waals surface area contributed by atoms with Crippen LogP contribution in [0.2, 0.25) is 10.0 Å². The highest BCUT2D eigenvalue weighted by molar-refractivity contribution is 6.35. The normalized spacial score (nSPS) is 10.8. The van der Waals surface area contributed by atoms with E-state index in [1.807, 2.05) is 31.2 Å². The lowest BCUT2D eigenvalue weighted by molar-refractivity contribution is 0.666. The molecule has 0 aliphatic carbocycles. The van der Waals surface area contributed by atoms with Gasteiger partial charge in [0.2, 0.25) is 0 Å². The largest absolute Gasteiger partial charge is 0.450 e. The number of nitrogens with zero attached hydrogens (tertiary/aromatic N) is 2. The fraction of sp³-hybridized carbons (Fsp3) is 0.111. The van der Waals surface area contributed by atoms with E-state index in [9.17, 15) is 0 Å². The summed E-state index contributed by atoms with van der Waals surface area (Å²) in [6.07, 6.45) is 0.723. The quantitative estimate of drug-likeness (QED) is 0.436. The topological polar surface area (TPSA) is 51.0 Å². The van der Waals surface area contributed by atoms with Gasteiger partial charge in [-0.05, 0) is 30.3 Å². The molecule has 0 atom stereocenters. The zero-order valence-corrected chi connectivity index (χ0v) is 15.5. The van der Waals surface area contributed by atoms with Gasteiger partial charge in [0.05, 0.1) is 0 Å². The Hall–Kier alpha value is -2.01. The molecule has 0 aliphatic heterocycles. The van der Waals surface area contributed by atoms with Crippen LogP contribution in [0.4, 0.5) is 11.5 Å². The third-order valence-corrected chi connectivity index (χ3v) is 4.14. The van der Waals surface area contributed by atoms with Crippen molar-refractivity contribution >= 4 is 69.2 Å². The maximum atomic E-state index is 6.08.